The van der Waals surface area contributed by atoms with E-state index in [1.807, 2.05) is 33.1 Å². The molecule has 1 unspecified atom stereocenters. The zero-order chi connectivity index (χ0) is 16.3. The zero-order valence-electron chi connectivity index (χ0n) is 13.4. The molecule has 120 valence electrons. The van der Waals surface area contributed by atoms with Crippen LogP contribution in [0.1, 0.15) is 58.1 Å². The second-order valence-electron chi connectivity index (χ2n) is 6.13. The summed E-state index contributed by atoms with van der Waals surface area (Å²) in [6.45, 7) is 10.1. The predicted octanol–water partition coefficient (Wildman–Crippen LogP) is 2.63. The smallest absolute Gasteiger partial charge is 0.243 e. The van der Waals surface area contributed by atoms with Gasteiger partial charge in [0.25, 0.3) is 0 Å². The highest BCUT2D eigenvalue weighted by Crippen LogP contribution is 2.21. The molecule has 2 aromatic heterocycles. The predicted molar refractivity (Wildman–Crippen MR) is 84.7 cm³/mol. The van der Waals surface area contributed by atoms with E-state index in [1.54, 1.807) is 0 Å². The summed E-state index contributed by atoms with van der Waals surface area (Å²) >= 11 is 1.40. The molecule has 2 aromatic rings. The summed E-state index contributed by atoms with van der Waals surface area (Å²) in [7, 11) is 0. The lowest BCUT2D eigenvalue weighted by Crippen LogP contribution is -2.19. The molecule has 0 aromatic carbocycles. The van der Waals surface area contributed by atoms with Crippen LogP contribution in [0.3, 0.4) is 0 Å². The summed E-state index contributed by atoms with van der Waals surface area (Å²) in [4.78, 5) is 19.7. The monoisotopic (exact) mass is 323 g/mol. The molecule has 0 bridgehead atoms. The van der Waals surface area contributed by atoms with E-state index in [9.17, 15) is 4.79 Å². The number of carbonyl (C=O) groups is 1. The Morgan fingerprint density at radius 3 is 2.73 bits per heavy atom. The third-order valence-corrected chi connectivity index (χ3v) is 3.71. The first-order chi connectivity index (χ1) is 10.3. The number of thiazole rings is 1. The van der Waals surface area contributed by atoms with Gasteiger partial charge >= 0.3 is 0 Å². The lowest BCUT2D eigenvalue weighted by molar-refractivity contribution is -0.114. The molecule has 0 spiro atoms. The van der Waals surface area contributed by atoms with Gasteiger partial charge in [0.15, 0.2) is 11.0 Å². The molecule has 0 fully saturated rings. The van der Waals surface area contributed by atoms with E-state index >= 15 is 0 Å². The van der Waals surface area contributed by atoms with Crippen molar-refractivity contribution in [2.24, 2.45) is 0 Å². The van der Waals surface area contributed by atoms with Gasteiger partial charge in [-0.15, -0.1) is 11.3 Å². The van der Waals surface area contributed by atoms with Gasteiger partial charge in [-0.05, 0) is 6.92 Å². The van der Waals surface area contributed by atoms with Crippen LogP contribution in [0.5, 0.6) is 0 Å². The van der Waals surface area contributed by atoms with E-state index in [4.69, 9.17) is 4.52 Å². The minimum atomic E-state index is -0.135. The second kappa shape index (κ2) is 6.53. The van der Waals surface area contributed by atoms with Crippen molar-refractivity contribution in [2.75, 3.05) is 5.32 Å². The number of nitrogens with one attached hydrogen (secondary N) is 2. The summed E-state index contributed by atoms with van der Waals surface area (Å²) in [6, 6.07) is -0.0745. The highest BCUT2D eigenvalue weighted by molar-refractivity contribution is 7.13. The first-order valence-electron chi connectivity index (χ1n) is 7.05. The van der Waals surface area contributed by atoms with Crippen molar-refractivity contribution >= 4 is 22.4 Å². The van der Waals surface area contributed by atoms with Gasteiger partial charge < -0.3 is 15.2 Å². The number of carbonyl (C=O) groups excluding carboxylic acids is 1. The molecule has 0 saturated heterocycles. The van der Waals surface area contributed by atoms with E-state index in [0.29, 0.717) is 23.4 Å². The van der Waals surface area contributed by atoms with E-state index in [2.05, 4.69) is 25.8 Å². The molecule has 2 rings (SSSR count). The maximum atomic E-state index is 11.0. The Morgan fingerprint density at radius 1 is 1.41 bits per heavy atom. The third-order valence-electron chi connectivity index (χ3n) is 2.91. The Balaban J connectivity index is 1.92. The molecular weight excluding hydrogens is 302 g/mol. The van der Waals surface area contributed by atoms with Gasteiger partial charge in [-0.1, -0.05) is 25.9 Å². The SMILES string of the molecule is CC(=O)Nc1nc(CNC(C)c2nc(C(C)(C)C)no2)cs1. The molecule has 0 aliphatic carbocycles. The molecule has 22 heavy (non-hydrogen) atoms. The average Bonchev–Trinajstić information content (AvgIpc) is 3.03. The van der Waals surface area contributed by atoms with Gasteiger partial charge in [-0.25, -0.2) is 4.98 Å². The Kier molecular flexibility index (Phi) is 4.92. The molecular formula is C14H21N5O2S. The van der Waals surface area contributed by atoms with Crippen LogP contribution in [0, 0.1) is 0 Å². The van der Waals surface area contributed by atoms with Crippen LogP contribution in [0.2, 0.25) is 0 Å². The van der Waals surface area contributed by atoms with Gasteiger partial charge in [-0.3, -0.25) is 4.79 Å². The summed E-state index contributed by atoms with van der Waals surface area (Å²) in [5.41, 5.74) is 0.722. The maximum absolute atomic E-state index is 11.0. The van der Waals surface area contributed by atoms with Crippen molar-refractivity contribution in [1.29, 1.82) is 0 Å². The van der Waals surface area contributed by atoms with Crippen molar-refractivity contribution < 1.29 is 9.32 Å². The van der Waals surface area contributed by atoms with Gasteiger partial charge in [-0.2, -0.15) is 4.98 Å². The fraction of sp³-hybridized carbons (Fsp3) is 0.571. The van der Waals surface area contributed by atoms with Gasteiger partial charge in [0.2, 0.25) is 11.8 Å². The summed E-state index contributed by atoms with van der Waals surface area (Å²) < 4.78 is 5.30. The van der Waals surface area contributed by atoms with E-state index in [1.165, 1.54) is 18.3 Å². The summed E-state index contributed by atoms with van der Waals surface area (Å²) in [6.07, 6.45) is 0. The summed E-state index contributed by atoms with van der Waals surface area (Å²) in [5, 5.41) is 12.5. The molecule has 0 aliphatic rings. The fourth-order valence-corrected chi connectivity index (χ4v) is 2.41. The zero-order valence-corrected chi connectivity index (χ0v) is 14.2. The topological polar surface area (TPSA) is 92.9 Å². The lowest BCUT2D eigenvalue weighted by atomic mass is 9.96. The highest BCUT2D eigenvalue weighted by Gasteiger charge is 2.23. The largest absolute Gasteiger partial charge is 0.338 e. The van der Waals surface area contributed by atoms with Crippen LogP contribution in [-0.4, -0.2) is 21.0 Å². The number of aromatic nitrogens is 3. The number of amides is 1. The first kappa shape index (κ1) is 16.6. The minimum absolute atomic E-state index is 0.0745. The molecule has 1 amide bonds. The number of rotatable bonds is 5. The molecule has 0 saturated carbocycles. The van der Waals surface area contributed by atoms with Crippen LogP contribution >= 0.6 is 11.3 Å². The molecule has 2 heterocycles. The fourth-order valence-electron chi connectivity index (χ4n) is 1.66. The third kappa shape index (κ3) is 4.35. The van der Waals surface area contributed by atoms with Crippen LogP contribution in [0.25, 0.3) is 0 Å². The first-order valence-corrected chi connectivity index (χ1v) is 7.93. The van der Waals surface area contributed by atoms with Crippen LogP contribution in [-0.2, 0) is 16.8 Å². The van der Waals surface area contributed by atoms with Crippen molar-refractivity contribution in [3.05, 3.63) is 22.8 Å². The quantitative estimate of drug-likeness (QED) is 0.878. The maximum Gasteiger partial charge on any atom is 0.243 e. The lowest BCUT2D eigenvalue weighted by Gasteiger charge is -2.11. The number of nitrogens with zero attached hydrogens (tertiary/aromatic N) is 3. The number of anilines is 1. The van der Waals surface area contributed by atoms with Crippen molar-refractivity contribution in [2.45, 2.75) is 52.6 Å². The Hall–Kier alpha value is -1.80. The van der Waals surface area contributed by atoms with Crippen molar-refractivity contribution in [3.8, 4) is 0 Å². The Morgan fingerprint density at radius 2 is 2.14 bits per heavy atom. The normalized spacial score (nSPS) is 13.1. The van der Waals surface area contributed by atoms with E-state index < -0.39 is 0 Å². The second-order valence-corrected chi connectivity index (χ2v) is 6.99. The van der Waals surface area contributed by atoms with Crippen LogP contribution in [0.4, 0.5) is 5.13 Å². The van der Waals surface area contributed by atoms with Crippen LogP contribution < -0.4 is 10.6 Å². The molecule has 1 atom stereocenters. The minimum Gasteiger partial charge on any atom is -0.338 e. The molecule has 0 aliphatic heterocycles. The Labute approximate surface area is 133 Å². The summed E-state index contributed by atoms with van der Waals surface area (Å²) in [5.74, 6) is 1.13. The number of hydrogen-bond donors (Lipinski definition) is 2. The molecule has 2 N–H and O–H groups in total. The Bertz CT molecular complexity index is 644. The highest BCUT2D eigenvalue weighted by atomic mass is 32.1. The van der Waals surface area contributed by atoms with Gasteiger partial charge in [0.1, 0.15) is 0 Å². The average molecular weight is 323 g/mol. The van der Waals surface area contributed by atoms with Crippen molar-refractivity contribution in [3.63, 3.8) is 0 Å². The number of hydrogen-bond acceptors (Lipinski definition) is 7. The van der Waals surface area contributed by atoms with E-state index in [-0.39, 0.29) is 17.4 Å². The van der Waals surface area contributed by atoms with Gasteiger partial charge in [0.05, 0.1) is 11.7 Å². The molecule has 0 radical (unpaired) electrons. The molecule has 8 heteroatoms. The standard InChI is InChI=1S/C14H21N5O2S/c1-8(11-18-12(19-21-11)14(3,4)5)15-6-10-7-22-13(17-10)16-9(2)20/h7-8,15H,6H2,1-5H3,(H,16,17,20). The van der Waals surface area contributed by atoms with Crippen molar-refractivity contribution in [1.82, 2.24) is 20.4 Å². The van der Waals surface area contributed by atoms with Gasteiger partial charge in [0, 0.05) is 24.3 Å². The molecule has 7 nitrogen and oxygen atoms in total. The van der Waals surface area contributed by atoms with E-state index in [0.717, 1.165) is 5.69 Å². The van der Waals surface area contributed by atoms with Crippen LogP contribution in [0.15, 0.2) is 9.90 Å².